The topological polar surface area (TPSA) is 32.3 Å². The molecule has 0 atom stereocenters. The third-order valence-corrected chi connectivity index (χ3v) is 2.83. The smallest absolute Gasteiger partial charge is 0.0431 e. The summed E-state index contributed by atoms with van der Waals surface area (Å²) in [6.45, 7) is 4.51. The Balaban J connectivity index is 2.21. The van der Waals surface area contributed by atoms with Gasteiger partial charge in [0.05, 0.1) is 0 Å². The van der Waals surface area contributed by atoms with E-state index in [0.29, 0.717) is 6.61 Å². The van der Waals surface area contributed by atoms with Crippen molar-refractivity contribution < 1.29 is 5.11 Å². The van der Waals surface area contributed by atoms with Gasteiger partial charge in [-0.1, -0.05) is 31.2 Å². The number of nitrogens with one attached hydrogen (secondary N) is 1. The highest BCUT2D eigenvalue weighted by molar-refractivity contribution is 5.26. The zero-order chi connectivity index (χ0) is 11.6. The van der Waals surface area contributed by atoms with E-state index in [1.807, 2.05) is 0 Å². The molecule has 1 aromatic rings. The van der Waals surface area contributed by atoms with Gasteiger partial charge >= 0.3 is 0 Å². The molecule has 0 spiro atoms. The Morgan fingerprint density at radius 2 is 1.81 bits per heavy atom. The van der Waals surface area contributed by atoms with Crippen LogP contribution < -0.4 is 5.32 Å². The molecule has 0 aromatic heterocycles. The molecule has 1 rings (SSSR count). The number of hydrogen-bond acceptors (Lipinski definition) is 2. The molecule has 0 heterocycles. The van der Waals surface area contributed by atoms with Crippen LogP contribution in [0.1, 0.15) is 37.3 Å². The van der Waals surface area contributed by atoms with Gasteiger partial charge in [0.2, 0.25) is 0 Å². The zero-order valence-electron chi connectivity index (χ0n) is 10.2. The van der Waals surface area contributed by atoms with E-state index in [1.165, 1.54) is 11.1 Å². The van der Waals surface area contributed by atoms with Crippen molar-refractivity contribution in [3.8, 4) is 0 Å². The average Bonchev–Trinajstić information content (AvgIpc) is 2.34. The van der Waals surface area contributed by atoms with Crippen molar-refractivity contribution in [2.45, 2.75) is 39.2 Å². The fourth-order valence-corrected chi connectivity index (χ4v) is 1.84. The first kappa shape index (κ1) is 13.2. The van der Waals surface area contributed by atoms with Crippen LogP contribution in [0, 0.1) is 0 Å². The molecule has 1 aromatic carbocycles. The van der Waals surface area contributed by atoms with Crippen molar-refractivity contribution in [1.29, 1.82) is 0 Å². The number of aliphatic hydroxyl groups excluding tert-OH is 1. The number of hydrogen-bond donors (Lipinski definition) is 2. The lowest BCUT2D eigenvalue weighted by Crippen LogP contribution is -2.15. The third kappa shape index (κ3) is 4.77. The third-order valence-electron chi connectivity index (χ3n) is 2.83. The van der Waals surface area contributed by atoms with Crippen LogP contribution in [0.5, 0.6) is 0 Å². The molecule has 0 radical (unpaired) electrons. The number of rotatable bonds is 8. The molecule has 0 amide bonds. The molecule has 16 heavy (non-hydrogen) atoms. The predicted octanol–water partition coefficient (Wildman–Crippen LogP) is 2.50. The standard InChI is InChI=1S/C14H23NO/c1-2-13-8-4-5-9-14(13)12-15-10-6-3-7-11-16/h4-5,8-9,15-16H,2-3,6-7,10-12H2,1H3. The SMILES string of the molecule is CCc1ccccc1CNCCCCCO. The van der Waals surface area contributed by atoms with Gasteiger partial charge in [0.1, 0.15) is 0 Å². The van der Waals surface area contributed by atoms with Crippen LogP contribution in [0.15, 0.2) is 24.3 Å². The van der Waals surface area contributed by atoms with E-state index >= 15 is 0 Å². The van der Waals surface area contributed by atoms with Crippen molar-refractivity contribution in [3.63, 3.8) is 0 Å². The molecule has 0 aliphatic rings. The van der Waals surface area contributed by atoms with Gasteiger partial charge in [-0.25, -0.2) is 0 Å². The molecule has 0 fully saturated rings. The van der Waals surface area contributed by atoms with E-state index in [2.05, 4.69) is 36.5 Å². The normalized spacial score (nSPS) is 10.6. The van der Waals surface area contributed by atoms with Gasteiger partial charge in [-0.05, 0) is 43.4 Å². The molecule has 2 N–H and O–H groups in total. The molecule has 2 nitrogen and oxygen atoms in total. The summed E-state index contributed by atoms with van der Waals surface area (Å²) in [5.74, 6) is 0. The molecular weight excluding hydrogens is 198 g/mol. The van der Waals surface area contributed by atoms with E-state index in [0.717, 1.165) is 38.8 Å². The number of aryl methyl sites for hydroxylation is 1. The Morgan fingerprint density at radius 1 is 1.06 bits per heavy atom. The Hall–Kier alpha value is -0.860. The van der Waals surface area contributed by atoms with Crippen LogP contribution in [0.4, 0.5) is 0 Å². The second-order valence-corrected chi connectivity index (χ2v) is 4.08. The van der Waals surface area contributed by atoms with Crippen LogP contribution in [0.3, 0.4) is 0 Å². The number of benzene rings is 1. The quantitative estimate of drug-likeness (QED) is 0.661. The summed E-state index contributed by atoms with van der Waals surface area (Å²) in [5.41, 5.74) is 2.84. The highest BCUT2D eigenvalue weighted by Gasteiger charge is 1.98. The molecule has 0 saturated heterocycles. The average molecular weight is 221 g/mol. The molecule has 0 saturated carbocycles. The minimum absolute atomic E-state index is 0.318. The fourth-order valence-electron chi connectivity index (χ4n) is 1.84. The Labute approximate surface area is 98.7 Å². The Bertz CT molecular complexity index is 286. The second-order valence-electron chi connectivity index (χ2n) is 4.08. The van der Waals surface area contributed by atoms with Crippen LogP contribution in [-0.2, 0) is 13.0 Å². The Kier molecular flexibility index (Phi) is 6.86. The summed E-state index contributed by atoms with van der Waals surface area (Å²) in [6, 6.07) is 8.59. The molecule has 0 aliphatic heterocycles. The molecule has 0 unspecified atom stereocenters. The molecule has 2 heteroatoms. The first-order valence-electron chi connectivity index (χ1n) is 6.26. The Morgan fingerprint density at radius 3 is 2.50 bits per heavy atom. The highest BCUT2D eigenvalue weighted by atomic mass is 16.2. The number of unbranched alkanes of at least 4 members (excludes halogenated alkanes) is 2. The van der Waals surface area contributed by atoms with E-state index in [1.54, 1.807) is 0 Å². The minimum atomic E-state index is 0.318. The van der Waals surface area contributed by atoms with Crippen LogP contribution >= 0.6 is 0 Å². The monoisotopic (exact) mass is 221 g/mol. The lowest BCUT2D eigenvalue weighted by Gasteiger charge is -2.08. The van der Waals surface area contributed by atoms with Crippen molar-refractivity contribution in [2.75, 3.05) is 13.2 Å². The van der Waals surface area contributed by atoms with Crippen molar-refractivity contribution in [3.05, 3.63) is 35.4 Å². The largest absolute Gasteiger partial charge is 0.396 e. The summed E-state index contributed by atoms with van der Waals surface area (Å²) in [4.78, 5) is 0. The van der Waals surface area contributed by atoms with E-state index in [4.69, 9.17) is 5.11 Å². The van der Waals surface area contributed by atoms with Gasteiger partial charge in [0.25, 0.3) is 0 Å². The fraction of sp³-hybridized carbons (Fsp3) is 0.571. The maximum Gasteiger partial charge on any atom is 0.0431 e. The minimum Gasteiger partial charge on any atom is -0.396 e. The van der Waals surface area contributed by atoms with Crippen molar-refractivity contribution in [1.82, 2.24) is 5.32 Å². The van der Waals surface area contributed by atoms with Gasteiger partial charge in [-0.3, -0.25) is 0 Å². The predicted molar refractivity (Wildman–Crippen MR) is 68.5 cm³/mol. The lowest BCUT2D eigenvalue weighted by molar-refractivity contribution is 0.283. The molecule has 0 bridgehead atoms. The summed E-state index contributed by atoms with van der Waals surface area (Å²) in [6.07, 6.45) is 4.28. The van der Waals surface area contributed by atoms with Crippen molar-refractivity contribution >= 4 is 0 Å². The highest BCUT2D eigenvalue weighted by Crippen LogP contribution is 2.08. The molecular formula is C14H23NO. The van der Waals surface area contributed by atoms with Crippen LogP contribution in [0.2, 0.25) is 0 Å². The first-order chi connectivity index (χ1) is 7.88. The number of aliphatic hydroxyl groups is 1. The first-order valence-corrected chi connectivity index (χ1v) is 6.26. The van der Waals surface area contributed by atoms with Gasteiger partial charge in [0, 0.05) is 13.2 Å². The van der Waals surface area contributed by atoms with Crippen LogP contribution in [0.25, 0.3) is 0 Å². The van der Waals surface area contributed by atoms with Crippen LogP contribution in [-0.4, -0.2) is 18.3 Å². The molecule has 0 aliphatic carbocycles. The lowest BCUT2D eigenvalue weighted by atomic mass is 10.1. The van der Waals surface area contributed by atoms with E-state index < -0.39 is 0 Å². The summed E-state index contributed by atoms with van der Waals surface area (Å²) < 4.78 is 0. The van der Waals surface area contributed by atoms with Gasteiger partial charge < -0.3 is 10.4 Å². The summed E-state index contributed by atoms with van der Waals surface area (Å²) in [7, 11) is 0. The summed E-state index contributed by atoms with van der Waals surface area (Å²) in [5, 5.41) is 12.1. The van der Waals surface area contributed by atoms with Gasteiger partial charge in [-0.15, -0.1) is 0 Å². The maximum absolute atomic E-state index is 8.65. The maximum atomic E-state index is 8.65. The molecule has 90 valence electrons. The van der Waals surface area contributed by atoms with Gasteiger partial charge in [0.15, 0.2) is 0 Å². The van der Waals surface area contributed by atoms with E-state index in [-0.39, 0.29) is 0 Å². The summed E-state index contributed by atoms with van der Waals surface area (Å²) >= 11 is 0. The van der Waals surface area contributed by atoms with Gasteiger partial charge in [-0.2, -0.15) is 0 Å². The van der Waals surface area contributed by atoms with E-state index in [9.17, 15) is 0 Å². The second kappa shape index (κ2) is 8.31. The zero-order valence-corrected chi connectivity index (χ0v) is 10.2. The van der Waals surface area contributed by atoms with Crippen molar-refractivity contribution in [2.24, 2.45) is 0 Å².